The molecular formula is C16H20N4S2. The summed E-state index contributed by atoms with van der Waals surface area (Å²) in [7, 11) is 0. The lowest BCUT2D eigenvalue weighted by atomic mass is 9.94. The van der Waals surface area contributed by atoms with Gasteiger partial charge in [0.1, 0.15) is 10.5 Å². The minimum absolute atomic E-state index is 0.479. The van der Waals surface area contributed by atoms with E-state index < -0.39 is 0 Å². The Labute approximate surface area is 138 Å². The summed E-state index contributed by atoms with van der Waals surface area (Å²) < 4.78 is 1.16. The van der Waals surface area contributed by atoms with Crippen LogP contribution in [0.5, 0.6) is 0 Å². The van der Waals surface area contributed by atoms with Crippen LogP contribution in [0.3, 0.4) is 0 Å². The highest BCUT2D eigenvalue weighted by Crippen LogP contribution is 2.45. The van der Waals surface area contributed by atoms with Crippen molar-refractivity contribution < 1.29 is 0 Å². The van der Waals surface area contributed by atoms with Crippen molar-refractivity contribution in [1.82, 2.24) is 15.3 Å². The molecule has 116 valence electrons. The average Bonchev–Trinajstić information content (AvgIpc) is 3.09. The van der Waals surface area contributed by atoms with Crippen LogP contribution in [0, 0.1) is 0 Å². The van der Waals surface area contributed by atoms with E-state index in [0.717, 1.165) is 38.9 Å². The molecule has 3 aromatic heterocycles. The predicted octanol–water partition coefficient (Wildman–Crippen LogP) is 4.23. The van der Waals surface area contributed by atoms with Crippen LogP contribution in [0.1, 0.15) is 37.1 Å². The van der Waals surface area contributed by atoms with Crippen molar-refractivity contribution >= 4 is 37.9 Å². The third kappa shape index (κ3) is 2.51. The van der Waals surface area contributed by atoms with Gasteiger partial charge in [-0.05, 0) is 17.5 Å². The zero-order valence-corrected chi connectivity index (χ0v) is 14.6. The fraction of sp³-hybridized carbons (Fsp3) is 0.375. The lowest BCUT2D eigenvalue weighted by molar-refractivity contribution is 0.580. The van der Waals surface area contributed by atoms with Crippen LogP contribution in [0.15, 0.2) is 18.5 Å². The topological polar surface area (TPSA) is 63.8 Å². The largest absolute Gasteiger partial charge is 0.390 e. The van der Waals surface area contributed by atoms with Crippen LogP contribution in [-0.4, -0.2) is 16.5 Å². The first kappa shape index (κ1) is 15.4. The van der Waals surface area contributed by atoms with E-state index in [1.165, 1.54) is 10.4 Å². The predicted molar refractivity (Wildman–Crippen MR) is 96.6 cm³/mol. The summed E-state index contributed by atoms with van der Waals surface area (Å²) in [6.07, 6.45) is 3.62. The van der Waals surface area contributed by atoms with Crippen LogP contribution in [-0.2, 0) is 6.54 Å². The van der Waals surface area contributed by atoms with Gasteiger partial charge in [0.15, 0.2) is 0 Å². The number of rotatable bonds is 1. The summed E-state index contributed by atoms with van der Waals surface area (Å²) >= 11 is 3.39. The Kier molecular flexibility index (Phi) is 4.42. The average molecular weight is 332 g/mol. The molecule has 0 radical (unpaired) electrons. The molecule has 4 nitrogen and oxygen atoms in total. The SMILES string of the molecule is CC.CC1CNCc2sc(N)c(-c3nc4cnccc4s3)c21. The van der Waals surface area contributed by atoms with Gasteiger partial charge in [-0.2, -0.15) is 0 Å². The van der Waals surface area contributed by atoms with Gasteiger partial charge in [0.25, 0.3) is 0 Å². The summed E-state index contributed by atoms with van der Waals surface area (Å²) in [4.78, 5) is 10.2. The van der Waals surface area contributed by atoms with Crippen LogP contribution < -0.4 is 11.1 Å². The number of anilines is 1. The van der Waals surface area contributed by atoms with Gasteiger partial charge in [-0.1, -0.05) is 20.8 Å². The first-order chi connectivity index (χ1) is 10.7. The monoisotopic (exact) mass is 332 g/mol. The third-order valence-corrected chi connectivity index (χ3v) is 5.77. The number of aromatic nitrogens is 2. The van der Waals surface area contributed by atoms with Gasteiger partial charge >= 0.3 is 0 Å². The molecule has 0 aliphatic carbocycles. The first-order valence-corrected chi connectivity index (χ1v) is 9.20. The Morgan fingerprint density at radius 1 is 1.32 bits per heavy atom. The lowest BCUT2D eigenvalue weighted by Crippen LogP contribution is -2.25. The van der Waals surface area contributed by atoms with E-state index >= 15 is 0 Å². The maximum absolute atomic E-state index is 6.28. The molecule has 1 aliphatic heterocycles. The second-order valence-corrected chi connectivity index (χ2v) is 7.24. The number of nitrogens with one attached hydrogen (secondary N) is 1. The molecular weight excluding hydrogens is 312 g/mol. The summed E-state index contributed by atoms with van der Waals surface area (Å²) in [5, 5.41) is 5.35. The Morgan fingerprint density at radius 2 is 2.14 bits per heavy atom. The van der Waals surface area contributed by atoms with Crippen molar-refractivity contribution in [2.45, 2.75) is 33.2 Å². The van der Waals surface area contributed by atoms with Crippen molar-refractivity contribution in [3.05, 3.63) is 28.9 Å². The summed E-state index contributed by atoms with van der Waals surface area (Å²) in [6, 6.07) is 2.01. The Balaban J connectivity index is 0.000000693. The molecule has 0 spiro atoms. The van der Waals surface area contributed by atoms with Gasteiger partial charge in [0, 0.05) is 29.7 Å². The maximum atomic E-state index is 6.28. The molecule has 1 atom stereocenters. The minimum atomic E-state index is 0.479. The number of fused-ring (bicyclic) bond motifs is 2. The molecule has 4 heterocycles. The highest BCUT2D eigenvalue weighted by molar-refractivity contribution is 7.22. The molecule has 3 aromatic rings. The number of nitrogens with zero attached hydrogens (tertiary/aromatic N) is 2. The van der Waals surface area contributed by atoms with Crippen LogP contribution in [0.4, 0.5) is 5.00 Å². The van der Waals surface area contributed by atoms with E-state index in [4.69, 9.17) is 10.7 Å². The molecule has 6 heteroatoms. The maximum Gasteiger partial charge on any atom is 0.127 e. The number of hydrogen-bond acceptors (Lipinski definition) is 6. The molecule has 0 saturated carbocycles. The Bertz CT molecular complexity index is 758. The molecule has 0 saturated heterocycles. The molecule has 1 aliphatic rings. The lowest BCUT2D eigenvalue weighted by Gasteiger charge is -2.20. The number of pyridine rings is 1. The molecule has 0 fully saturated rings. The quantitative estimate of drug-likeness (QED) is 0.700. The van der Waals surface area contributed by atoms with Crippen molar-refractivity contribution in [1.29, 1.82) is 0 Å². The third-order valence-electron chi connectivity index (χ3n) is 3.68. The number of hydrogen-bond donors (Lipinski definition) is 2. The summed E-state index contributed by atoms with van der Waals surface area (Å²) in [6.45, 7) is 8.17. The summed E-state index contributed by atoms with van der Waals surface area (Å²) in [5.74, 6) is 0.479. The molecule has 0 amide bonds. The van der Waals surface area contributed by atoms with Crippen molar-refractivity contribution in [3.63, 3.8) is 0 Å². The van der Waals surface area contributed by atoms with E-state index in [9.17, 15) is 0 Å². The Hall–Kier alpha value is -1.50. The standard InChI is InChI=1S/C14H14N4S2.C2H6/c1-7-4-17-6-10-11(7)12(13(15)19-10)14-18-8-5-16-3-2-9(8)20-14;1-2/h2-3,5,7,17H,4,6,15H2,1H3;1-2H3. The van der Waals surface area contributed by atoms with E-state index in [1.807, 2.05) is 32.3 Å². The van der Waals surface area contributed by atoms with Gasteiger partial charge in [-0.15, -0.1) is 22.7 Å². The van der Waals surface area contributed by atoms with Crippen molar-refractivity contribution in [2.75, 3.05) is 12.3 Å². The molecule has 0 aromatic carbocycles. The number of nitrogens with two attached hydrogens (primary N) is 1. The zero-order chi connectivity index (χ0) is 15.7. The minimum Gasteiger partial charge on any atom is -0.390 e. The van der Waals surface area contributed by atoms with E-state index in [2.05, 4.69) is 17.2 Å². The van der Waals surface area contributed by atoms with Gasteiger partial charge in [-0.25, -0.2) is 4.98 Å². The van der Waals surface area contributed by atoms with Crippen LogP contribution in [0.25, 0.3) is 20.8 Å². The molecule has 4 rings (SSSR count). The number of thiophene rings is 1. The normalized spacial score (nSPS) is 17.0. The van der Waals surface area contributed by atoms with E-state index in [1.54, 1.807) is 22.7 Å². The molecule has 22 heavy (non-hydrogen) atoms. The van der Waals surface area contributed by atoms with Crippen molar-refractivity contribution in [3.8, 4) is 10.6 Å². The van der Waals surface area contributed by atoms with Gasteiger partial charge in [0.05, 0.1) is 15.9 Å². The number of thiazole rings is 1. The molecule has 0 bridgehead atoms. The van der Waals surface area contributed by atoms with Gasteiger partial charge < -0.3 is 11.1 Å². The van der Waals surface area contributed by atoms with Gasteiger partial charge in [-0.3, -0.25) is 4.98 Å². The number of nitrogen functional groups attached to an aromatic ring is 1. The van der Waals surface area contributed by atoms with Crippen LogP contribution in [0.2, 0.25) is 0 Å². The molecule has 1 unspecified atom stereocenters. The first-order valence-electron chi connectivity index (χ1n) is 7.56. The second-order valence-electron chi connectivity index (χ2n) is 5.07. The highest BCUT2D eigenvalue weighted by atomic mass is 32.1. The zero-order valence-electron chi connectivity index (χ0n) is 13.0. The fourth-order valence-electron chi connectivity index (χ4n) is 2.78. The summed E-state index contributed by atoms with van der Waals surface area (Å²) in [5.41, 5.74) is 9.77. The van der Waals surface area contributed by atoms with Crippen LogP contribution >= 0.6 is 22.7 Å². The fourth-order valence-corrected chi connectivity index (χ4v) is 5.01. The Morgan fingerprint density at radius 3 is 2.91 bits per heavy atom. The smallest absolute Gasteiger partial charge is 0.127 e. The van der Waals surface area contributed by atoms with Crippen molar-refractivity contribution in [2.24, 2.45) is 0 Å². The second kappa shape index (κ2) is 6.32. The molecule has 3 N–H and O–H groups in total. The highest BCUT2D eigenvalue weighted by Gasteiger charge is 2.26. The van der Waals surface area contributed by atoms with E-state index in [-0.39, 0.29) is 0 Å². The van der Waals surface area contributed by atoms with E-state index in [0.29, 0.717) is 5.92 Å². The van der Waals surface area contributed by atoms with Gasteiger partial charge in [0.2, 0.25) is 0 Å².